The number of benzene rings is 2. The number of ether oxygens (including phenoxy) is 1. The first-order valence-corrected chi connectivity index (χ1v) is 10.8. The van der Waals surface area contributed by atoms with Crippen LogP contribution in [0.1, 0.15) is 31.2 Å². The lowest BCUT2D eigenvalue weighted by Gasteiger charge is -2.13. The Balaban J connectivity index is 1.51. The summed E-state index contributed by atoms with van der Waals surface area (Å²) in [6, 6.07) is 9.66. The highest BCUT2D eigenvalue weighted by Gasteiger charge is 2.30. The molecule has 10 heteroatoms. The molecule has 0 saturated heterocycles. The minimum Gasteiger partial charge on any atom is -0.484 e. The molecule has 0 aromatic heterocycles. The first kappa shape index (κ1) is 22.1. The van der Waals surface area contributed by atoms with Crippen molar-refractivity contribution in [3.63, 3.8) is 0 Å². The van der Waals surface area contributed by atoms with Crippen molar-refractivity contribution < 1.29 is 31.1 Å². The van der Waals surface area contributed by atoms with Crippen LogP contribution >= 0.6 is 0 Å². The molecule has 0 radical (unpaired) electrons. The number of amides is 1. The zero-order valence-corrected chi connectivity index (χ0v) is 16.7. The van der Waals surface area contributed by atoms with Gasteiger partial charge in [-0.2, -0.15) is 13.2 Å². The van der Waals surface area contributed by atoms with Gasteiger partial charge in [-0.1, -0.05) is 12.8 Å². The number of rotatable bonds is 7. The van der Waals surface area contributed by atoms with Crippen LogP contribution in [0.15, 0.2) is 53.4 Å². The number of anilines is 1. The number of nitrogens with one attached hydrogen (secondary N) is 2. The largest absolute Gasteiger partial charge is 0.484 e. The van der Waals surface area contributed by atoms with E-state index in [-0.39, 0.29) is 29.0 Å². The van der Waals surface area contributed by atoms with Gasteiger partial charge >= 0.3 is 6.18 Å². The van der Waals surface area contributed by atoms with E-state index >= 15 is 0 Å². The molecule has 0 bridgehead atoms. The lowest BCUT2D eigenvalue weighted by Crippen LogP contribution is -2.32. The number of carbonyl (C=O) groups is 1. The van der Waals surface area contributed by atoms with Gasteiger partial charge in [0.05, 0.1) is 10.5 Å². The van der Waals surface area contributed by atoms with Crippen LogP contribution in [0.2, 0.25) is 0 Å². The van der Waals surface area contributed by atoms with Crippen molar-refractivity contribution in [2.45, 2.75) is 42.8 Å². The van der Waals surface area contributed by atoms with Gasteiger partial charge in [0.15, 0.2) is 6.61 Å². The highest BCUT2D eigenvalue weighted by molar-refractivity contribution is 7.89. The Morgan fingerprint density at radius 1 is 1.00 bits per heavy atom. The van der Waals surface area contributed by atoms with Gasteiger partial charge in [0.2, 0.25) is 10.0 Å². The highest BCUT2D eigenvalue weighted by atomic mass is 32.2. The Bertz CT molecular complexity index is 969. The number of hydrogen-bond acceptors (Lipinski definition) is 4. The van der Waals surface area contributed by atoms with E-state index in [1.165, 1.54) is 24.3 Å². The molecule has 1 aliphatic rings. The van der Waals surface area contributed by atoms with Crippen molar-refractivity contribution >= 4 is 21.6 Å². The summed E-state index contributed by atoms with van der Waals surface area (Å²) in [6.07, 6.45) is -0.774. The molecule has 162 valence electrons. The highest BCUT2D eigenvalue weighted by Crippen LogP contribution is 2.29. The van der Waals surface area contributed by atoms with E-state index in [1.807, 2.05) is 0 Å². The van der Waals surface area contributed by atoms with E-state index in [1.54, 1.807) is 0 Å². The minimum absolute atomic E-state index is 0.0418. The molecule has 1 fully saturated rings. The first-order valence-electron chi connectivity index (χ1n) is 9.36. The molecule has 1 aliphatic carbocycles. The average molecular weight is 442 g/mol. The van der Waals surface area contributed by atoms with E-state index in [0.717, 1.165) is 49.9 Å². The van der Waals surface area contributed by atoms with Crippen LogP contribution in [0, 0.1) is 0 Å². The molecule has 0 heterocycles. The van der Waals surface area contributed by atoms with Gasteiger partial charge in [0.1, 0.15) is 5.75 Å². The predicted octanol–water partition coefficient (Wildman–Crippen LogP) is 3.94. The fourth-order valence-corrected chi connectivity index (χ4v) is 4.44. The van der Waals surface area contributed by atoms with Crippen molar-refractivity contribution in [1.29, 1.82) is 0 Å². The molecule has 0 spiro atoms. The van der Waals surface area contributed by atoms with Crippen molar-refractivity contribution in [2.24, 2.45) is 0 Å². The van der Waals surface area contributed by atoms with Crippen LogP contribution in [0.3, 0.4) is 0 Å². The van der Waals surface area contributed by atoms with Gasteiger partial charge in [-0.05, 0) is 61.4 Å². The third-order valence-corrected chi connectivity index (χ3v) is 6.21. The van der Waals surface area contributed by atoms with E-state index in [0.29, 0.717) is 0 Å². The number of alkyl halides is 3. The number of carbonyl (C=O) groups excluding carboxylic acids is 1. The molecule has 1 saturated carbocycles. The van der Waals surface area contributed by atoms with Crippen LogP contribution < -0.4 is 14.8 Å². The number of halogens is 3. The van der Waals surface area contributed by atoms with Gasteiger partial charge in [-0.3, -0.25) is 4.79 Å². The summed E-state index contributed by atoms with van der Waals surface area (Å²) in [6.45, 7) is -0.382. The summed E-state index contributed by atoms with van der Waals surface area (Å²) in [7, 11) is -3.61. The predicted molar refractivity (Wildman–Crippen MR) is 105 cm³/mol. The molecule has 0 atom stereocenters. The van der Waals surface area contributed by atoms with Crippen LogP contribution in [-0.2, 0) is 21.0 Å². The Hall–Kier alpha value is -2.59. The third kappa shape index (κ3) is 5.96. The lowest BCUT2D eigenvalue weighted by molar-refractivity contribution is -0.137. The summed E-state index contributed by atoms with van der Waals surface area (Å²) in [4.78, 5) is 12.0. The van der Waals surface area contributed by atoms with Gasteiger partial charge in [0.25, 0.3) is 5.91 Å². The van der Waals surface area contributed by atoms with Gasteiger partial charge in [-0.15, -0.1) is 0 Å². The fourth-order valence-electron chi connectivity index (χ4n) is 3.13. The zero-order chi connectivity index (χ0) is 21.8. The quantitative estimate of drug-likeness (QED) is 0.680. The van der Waals surface area contributed by atoms with E-state index in [9.17, 15) is 26.4 Å². The van der Waals surface area contributed by atoms with Crippen LogP contribution in [0.5, 0.6) is 5.75 Å². The molecule has 6 nitrogen and oxygen atoms in total. The molecule has 2 aromatic rings. The zero-order valence-electron chi connectivity index (χ0n) is 15.9. The molecular formula is C20H21F3N2O4S. The van der Waals surface area contributed by atoms with Crippen LogP contribution in [-0.4, -0.2) is 27.0 Å². The summed E-state index contributed by atoms with van der Waals surface area (Å²) >= 11 is 0. The smallest absolute Gasteiger partial charge is 0.416 e. The second kappa shape index (κ2) is 9.05. The number of sulfonamides is 1. The topological polar surface area (TPSA) is 84.5 Å². The maximum absolute atomic E-state index is 12.5. The Labute approximate surface area is 172 Å². The summed E-state index contributed by atoms with van der Waals surface area (Å²) in [5, 5.41) is 2.43. The van der Waals surface area contributed by atoms with E-state index in [4.69, 9.17) is 4.74 Å². The Kier molecular flexibility index (Phi) is 6.67. The normalized spacial score (nSPS) is 15.2. The molecule has 1 amide bonds. The Morgan fingerprint density at radius 3 is 2.17 bits per heavy atom. The van der Waals surface area contributed by atoms with Gasteiger partial charge in [-0.25, -0.2) is 13.1 Å². The second-order valence-corrected chi connectivity index (χ2v) is 8.70. The summed E-state index contributed by atoms with van der Waals surface area (Å²) in [5.74, 6) is -0.272. The van der Waals surface area contributed by atoms with Gasteiger partial charge < -0.3 is 10.1 Å². The standard InChI is InChI=1S/C20H21F3N2O4S/c21-20(22,23)14-5-7-15(8-6-14)24-19(26)13-29-17-9-11-18(12-10-17)30(27,28)25-16-3-1-2-4-16/h5-12,16,25H,1-4,13H2,(H,24,26). The van der Waals surface area contributed by atoms with Crippen molar-refractivity contribution in [3.8, 4) is 5.75 Å². The summed E-state index contributed by atoms with van der Waals surface area (Å²) < 4.78 is 70.4. The second-order valence-electron chi connectivity index (χ2n) is 6.99. The molecule has 0 aliphatic heterocycles. The van der Waals surface area contributed by atoms with E-state index < -0.39 is 27.7 Å². The molecule has 2 aromatic carbocycles. The number of hydrogen-bond donors (Lipinski definition) is 2. The summed E-state index contributed by atoms with van der Waals surface area (Å²) in [5.41, 5.74) is -0.606. The van der Waals surface area contributed by atoms with Crippen LogP contribution in [0.25, 0.3) is 0 Å². The minimum atomic E-state index is -4.45. The van der Waals surface area contributed by atoms with E-state index in [2.05, 4.69) is 10.0 Å². The van der Waals surface area contributed by atoms with Crippen molar-refractivity contribution in [3.05, 3.63) is 54.1 Å². The SMILES string of the molecule is O=C(COc1ccc(S(=O)(=O)NC2CCCC2)cc1)Nc1ccc(C(F)(F)F)cc1. The molecular weight excluding hydrogens is 421 g/mol. The maximum Gasteiger partial charge on any atom is 0.416 e. The van der Waals surface area contributed by atoms with Crippen molar-refractivity contribution in [1.82, 2.24) is 4.72 Å². The Morgan fingerprint density at radius 2 is 1.60 bits per heavy atom. The first-order chi connectivity index (χ1) is 14.1. The maximum atomic E-state index is 12.5. The lowest BCUT2D eigenvalue weighted by atomic mass is 10.2. The fraction of sp³-hybridized carbons (Fsp3) is 0.350. The third-order valence-electron chi connectivity index (χ3n) is 4.68. The van der Waals surface area contributed by atoms with Crippen LogP contribution in [0.4, 0.5) is 18.9 Å². The average Bonchev–Trinajstić information content (AvgIpc) is 3.19. The molecule has 2 N–H and O–H groups in total. The molecule has 30 heavy (non-hydrogen) atoms. The van der Waals surface area contributed by atoms with Gasteiger partial charge in [0, 0.05) is 11.7 Å². The monoisotopic (exact) mass is 442 g/mol. The molecule has 3 rings (SSSR count). The molecule has 0 unspecified atom stereocenters. The van der Waals surface area contributed by atoms with Crippen molar-refractivity contribution in [2.75, 3.05) is 11.9 Å².